The molecule has 4 heteroatoms. The smallest absolute Gasteiger partial charge is 0.221 e. The molecule has 0 radical (unpaired) electrons. The van der Waals surface area contributed by atoms with Crippen molar-refractivity contribution in [2.45, 2.75) is 19.8 Å². The molecule has 82 valence electrons. The summed E-state index contributed by atoms with van der Waals surface area (Å²) in [5.74, 6) is 5.15. The lowest BCUT2D eigenvalue weighted by Gasteiger charge is -2.11. The average Bonchev–Trinajstić information content (AvgIpc) is 2.17. The van der Waals surface area contributed by atoms with E-state index in [9.17, 15) is 4.79 Å². The molecule has 0 saturated carbocycles. The number of nitrogens with one attached hydrogen (secondary N) is 1. The number of rotatable bonds is 4. The predicted molar refractivity (Wildman–Crippen MR) is 59.3 cm³/mol. The second-order valence-corrected chi connectivity index (χ2v) is 3.54. The molecule has 1 aromatic rings. The van der Waals surface area contributed by atoms with Crippen LogP contribution in [0.1, 0.15) is 25.3 Å². The van der Waals surface area contributed by atoms with Crippen LogP contribution in [0.15, 0.2) is 24.3 Å². The fourth-order valence-electron chi connectivity index (χ4n) is 1.37. The molecule has 0 bridgehead atoms. The van der Waals surface area contributed by atoms with Gasteiger partial charge in [-0.15, -0.1) is 0 Å². The lowest BCUT2D eigenvalue weighted by molar-refractivity contribution is -0.114. The number of anilines is 1. The van der Waals surface area contributed by atoms with E-state index in [0.717, 1.165) is 11.3 Å². The van der Waals surface area contributed by atoms with Gasteiger partial charge in [0.15, 0.2) is 0 Å². The largest absolute Gasteiger partial charge is 0.326 e. The molecule has 1 amide bonds. The van der Waals surface area contributed by atoms with Crippen molar-refractivity contribution in [3.8, 4) is 0 Å². The van der Waals surface area contributed by atoms with Crippen LogP contribution in [-0.4, -0.2) is 12.5 Å². The first-order valence-electron chi connectivity index (χ1n) is 4.82. The fourth-order valence-corrected chi connectivity index (χ4v) is 1.37. The summed E-state index contributed by atoms with van der Waals surface area (Å²) in [7, 11) is 0. The molecule has 15 heavy (non-hydrogen) atoms. The molecule has 3 N–H and O–H groups in total. The third-order valence-electron chi connectivity index (χ3n) is 2.12. The van der Waals surface area contributed by atoms with Crippen molar-refractivity contribution in [3.63, 3.8) is 0 Å². The summed E-state index contributed by atoms with van der Waals surface area (Å²) >= 11 is 0. The SMILES string of the molecule is CC(=O)Nc1cccc(C(C)CON)c1. The van der Waals surface area contributed by atoms with Crippen molar-refractivity contribution in [1.29, 1.82) is 0 Å². The van der Waals surface area contributed by atoms with Crippen LogP contribution in [0, 0.1) is 0 Å². The fraction of sp³-hybridized carbons (Fsp3) is 0.364. The second kappa shape index (κ2) is 5.48. The van der Waals surface area contributed by atoms with Gasteiger partial charge >= 0.3 is 0 Å². The minimum absolute atomic E-state index is 0.0742. The Morgan fingerprint density at radius 1 is 1.60 bits per heavy atom. The van der Waals surface area contributed by atoms with E-state index in [-0.39, 0.29) is 11.8 Å². The Morgan fingerprint density at radius 2 is 2.33 bits per heavy atom. The van der Waals surface area contributed by atoms with E-state index in [1.54, 1.807) is 0 Å². The van der Waals surface area contributed by atoms with Crippen LogP contribution in [-0.2, 0) is 9.63 Å². The molecule has 4 nitrogen and oxygen atoms in total. The molecule has 0 aliphatic heterocycles. The Hall–Kier alpha value is -1.39. The zero-order valence-corrected chi connectivity index (χ0v) is 8.99. The molecule has 0 fully saturated rings. The van der Waals surface area contributed by atoms with E-state index in [2.05, 4.69) is 10.2 Å². The minimum atomic E-state index is -0.0742. The number of hydrogen-bond acceptors (Lipinski definition) is 3. The molecule has 0 heterocycles. The highest BCUT2D eigenvalue weighted by Gasteiger charge is 2.06. The van der Waals surface area contributed by atoms with Gasteiger partial charge in [-0.1, -0.05) is 19.1 Å². The van der Waals surface area contributed by atoms with Crippen molar-refractivity contribution >= 4 is 11.6 Å². The molecular formula is C11H16N2O2. The Morgan fingerprint density at radius 3 is 2.93 bits per heavy atom. The van der Waals surface area contributed by atoms with Gasteiger partial charge in [-0.25, -0.2) is 5.90 Å². The second-order valence-electron chi connectivity index (χ2n) is 3.54. The van der Waals surface area contributed by atoms with Crippen molar-refractivity contribution in [2.24, 2.45) is 5.90 Å². The Kier molecular flexibility index (Phi) is 4.27. The highest BCUT2D eigenvalue weighted by atomic mass is 16.6. The Balaban J connectivity index is 2.77. The van der Waals surface area contributed by atoms with Crippen LogP contribution >= 0.6 is 0 Å². The molecule has 0 aromatic heterocycles. The quantitative estimate of drug-likeness (QED) is 0.739. The number of carbonyl (C=O) groups is 1. The van der Waals surface area contributed by atoms with Gasteiger partial charge < -0.3 is 10.2 Å². The standard InChI is InChI=1S/C11H16N2O2/c1-8(7-15-12)10-4-3-5-11(6-10)13-9(2)14/h3-6,8H,7,12H2,1-2H3,(H,13,14). The molecule has 0 spiro atoms. The van der Waals surface area contributed by atoms with Crippen molar-refractivity contribution in [1.82, 2.24) is 0 Å². The lowest BCUT2D eigenvalue weighted by Crippen LogP contribution is -2.10. The highest BCUT2D eigenvalue weighted by Crippen LogP contribution is 2.19. The first-order chi connectivity index (χ1) is 7.13. The molecule has 1 aromatic carbocycles. The van der Waals surface area contributed by atoms with Gasteiger partial charge in [-0.3, -0.25) is 4.79 Å². The van der Waals surface area contributed by atoms with Crippen LogP contribution in [0.5, 0.6) is 0 Å². The minimum Gasteiger partial charge on any atom is -0.326 e. The van der Waals surface area contributed by atoms with Gasteiger partial charge in [0.25, 0.3) is 0 Å². The zero-order chi connectivity index (χ0) is 11.3. The average molecular weight is 208 g/mol. The van der Waals surface area contributed by atoms with Crippen LogP contribution < -0.4 is 11.2 Å². The van der Waals surface area contributed by atoms with Crippen molar-refractivity contribution in [3.05, 3.63) is 29.8 Å². The normalized spacial score (nSPS) is 12.2. The molecule has 0 aliphatic rings. The van der Waals surface area contributed by atoms with Gasteiger partial charge in [-0.05, 0) is 17.7 Å². The summed E-state index contributed by atoms with van der Waals surface area (Å²) < 4.78 is 0. The number of nitrogens with two attached hydrogens (primary N) is 1. The maximum Gasteiger partial charge on any atom is 0.221 e. The van der Waals surface area contributed by atoms with Gasteiger partial charge in [0, 0.05) is 18.5 Å². The number of benzene rings is 1. The van der Waals surface area contributed by atoms with Crippen molar-refractivity contribution < 1.29 is 9.63 Å². The lowest BCUT2D eigenvalue weighted by atomic mass is 10.0. The number of carbonyl (C=O) groups excluding carboxylic acids is 1. The summed E-state index contributed by atoms with van der Waals surface area (Å²) in [5.41, 5.74) is 1.88. The monoisotopic (exact) mass is 208 g/mol. The molecule has 1 atom stereocenters. The highest BCUT2D eigenvalue weighted by molar-refractivity contribution is 5.88. The maximum atomic E-state index is 10.9. The molecular weight excluding hydrogens is 192 g/mol. The van der Waals surface area contributed by atoms with E-state index in [0.29, 0.717) is 6.61 Å². The van der Waals surface area contributed by atoms with Gasteiger partial charge in [-0.2, -0.15) is 0 Å². The number of hydrogen-bond donors (Lipinski definition) is 2. The summed E-state index contributed by atoms with van der Waals surface area (Å²) in [6, 6.07) is 7.65. The third kappa shape index (κ3) is 3.69. The van der Waals surface area contributed by atoms with Crippen molar-refractivity contribution in [2.75, 3.05) is 11.9 Å². The molecule has 0 saturated heterocycles. The summed E-state index contributed by atoms with van der Waals surface area (Å²) in [4.78, 5) is 15.5. The topological polar surface area (TPSA) is 64.3 Å². The first kappa shape index (κ1) is 11.7. The zero-order valence-electron chi connectivity index (χ0n) is 8.99. The van der Waals surface area contributed by atoms with Gasteiger partial charge in [0.1, 0.15) is 0 Å². The van der Waals surface area contributed by atoms with E-state index in [4.69, 9.17) is 5.90 Å². The predicted octanol–water partition coefficient (Wildman–Crippen LogP) is 1.64. The van der Waals surface area contributed by atoms with E-state index in [1.165, 1.54) is 6.92 Å². The third-order valence-corrected chi connectivity index (χ3v) is 2.12. The molecule has 1 rings (SSSR count). The van der Waals surface area contributed by atoms with Gasteiger partial charge in [0.2, 0.25) is 5.91 Å². The maximum absolute atomic E-state index is 10.9. The van der Waals surface area contributed by atoms with Gasteiger partial charge in [0.05, 0.1) is 6.61 Å². The van der Waals surface area contributed by atoms with Crippen LogP contribution in [0.2, 0.25) is 0 Å². The van der Waals surface area contributed by atoms with Crippen LogP contribution in [0.3, 0.4) is 0 Å². The summed E-state index contributed by atoms with van der Waals surface area (Å²) in [6.45, 7) is 3.96. The van der Waals surface area contributed by atoms with E-state index < -0.39 is 0 Å². The summed E-state index contributed by atoms with van der Waals surface area (Å²) in [6.07, 6.45) is 0. The first-order valence-corrected chi connectivity index (χ1v) is 4.82. The summed E-state index contributed by atoms with van der Waals surface area (Å²) in [5, 5.41) is 2.73. The number of amides is 1. The molecule has 1 unspecified atom stereocenters. The Bertz CT molecular complexity index is 339. The molecule has 0 aliphatic carbocycles. The van der Waals surface area contributed by atoms with E-state index >= 15 is 0 Å². The van der Waals surface area contributed by atoms with E-state index in [1.807, 2.05) is 31.2 Å². The van der Waals surface area contributed by atoms with Crippen LogP contribution in [0.25, 0.3) is 0 Å². The Labute approximate surface area is 89.4 Å². The van der Waals surface area contributed by atoms with Crippen LogP contribution in [0.4, 0.5) is 5.69 Å².